The molecular formula is C28H38O7. The quantitative estimate of drug-likeness (QED) is 0.275. The molecule has 192 valence electrons. The summed E-state index contributed by atoms with van der Waals surface area (Å²) in [6.45, 7) is 4.04. The van der Waals surface area contributed by atoms with Crippen molar-refractivity contribution < 1.29 is 33.2 Å². The Hall–Kier alpha value is -2.09. The highest BCUT2D eigenvalue weighted by atomic mass is 16.7. The van der Waals surface area contributed by atoms with Crippen LogP contribution in [-0.4, -0.2) is 50.6 Å². The maximum atomic E-state index is 12.2. The summed E-state index contributed by atoms with van der Waals surface area (Å²) in [7, 11) is 0. The van der Waals surface area contributed by atoms with Gasteiger partial charge in [-0.3, -0.25) is 4.79 Å². The molecule has 4 aliphatic rings. The zero-order valence-electron chi connectivity index (χ0n) is 20.7. The average Bonchev–Trinajstić information content (AvgIpc) is 3.38. The molecule has 1 aromatic carbocycles. The first-order chi connectivity index (χ1) is 17.2. The standard InChI is InChI=1S/C28H38O7/c1-19-10-12-20(13-11-19)30-16-6-7-22(34-26-8-2-4-14-31-26)28-21-17-25(29)33-23(21)18-24(28)35-27-9-3-5-15-32-27/h7,10-13,21,23-24,26-28H,2-6,8-9,14-18H2,1H3/b22-7+/t21-,23-,24-,26?,27?,28-/m1/s1. The summed E-state index contributed by atoms with van der Waals surface area (Å²) >= 11 is 0. The zero-order chi connectivity index (χ0) is 24.0. The van der Waals surface area contributed by atoms with Crippen LogP contribution in [0.1, 0.15) is 63.4 Å². The molecule has 0 N–H and O–H groups in total. The van der Waals surface area contributed by atoms with Gasteiger partial charge in [-0.1, -0.05) is 17.7 Å². The van der Waals surface area contributed by atoms with Gasteiger partial charge in [0.25, 0.3) is 0 Å². The van der Waals surface area contributed by atoms with Gasteiger partial charge >= 0.3 is 5.97 Å². The number of aryl methyl sites for hydroxylation is 1. The fraction of sp³-hybridized carbons (Fsp3) is 0.679. The first-order valence-electron chi connectivity index (χ1n) is 13.3. The Balaban J connectivity index is 1.31. The highest BCUT2D eigenvalue weighted by molar-refractivity contribution is 5.72. The van der Waals surface area contributed by atoms with Gasteiger partial charge in [0, 0.05) is 37.7 Å². The van der Waals surface area contributed by atoms with Crippen molar-refractivity contribution in [2.24, 2.45) is 11.8 Å². The SMILES string of the molecule is Cc1ccc(OCC/C=C(/OC2CCCCO2)[C@H]2[C@@H]3CC(=O)O[C@@H]3C[C@H]2OC2CCCCO2)cc1. The van der Waals surface area contributed by atoms with E-state index in [2.05, 4.69) is 13.0 Å². The first-order valence-corrected chi connectivity index (χ1v) is 13.3. The Morgan fingerprint density at radius 3 is 2.49 bits per heavy atom. The Labute approximate surface area is 208 Å². The van der Waals surface area contributed by atoms with Crippen LogP contribution in [0.25, 0.3) is 0 Å². The summed E-state index contributed by atoms with van der Waals surface area (Å²) in [5.41, 5.74) is 1.21. The highest BCUT2D eigenvalue weighted by Crippen LogP contribution is 2.47. The molecule has 0 aromatic heterocycles. The van der Waals surface area contributed by atoms with E-state index in [1.54, 1.807) is 0 Å². The van der Waals surface area contributed by atoms with E-state index in [0.29, 0.717) is 32.5 Å². The molecule has 2 unspecified atom stereocenters. The number of fused-ring (bicyclic) bond motifs is 1. The van der Waals surface area contributed by atoms with Crippen LogP contribution in [0.5, 0.6) is 5.75 Å². The molecule has 7 nitrogen and oxygen atoms in total. The lowest BCUT2D eigenvalue weighted by atomic mass is 9.89. The van der Waals surface area contributed by atoms with Crippen molar-refractivity contribution in [2.45, 2.75) is 89.5 Å². The lowest BCUT2D eigenvalue weighted by molar-refractivity contribution is -0.201. The third-order valence-corrected chi connectivity index (χ3v) is 7.44. The topological polar surface area (TPSA) is 72.5 Å². The van der Waals surface area contributed by atoms with E-state index < -0.39 is 0 Å². The number of esters is 1. The number of carbonyl (C=O) groups excluding carboxylic acids is 1. The Bertz CT molecular complexity index is 855. The summed E-state index contributed by atoms with van der Waals surface area (Å²) in [5.74, 6) is 1.55. The van der Waals surface area contributed by atoms with Crippen LogP contribution in [-0.2, 0) is 28.5 Å². The van der Waals surface area contributed by atoms with E-state index in [-0.39, 0.29) is 42.6 Å². The number of hydrogen-bond donors (Lipinski definition) is 0. The van der Waals surface area contributed by atoms with Crippen LogP contribution in [0.15, 0.2) is 36.1 Å². The fourth-order valence-electron chi connectivity index (χ4n) is 5.64. The number of hydrogen-bond acceptors (Lipinski definition) is 7. The first kappa shape index (κ1) is 24.6. The van der Waals surface area contributed by atoms with Crippen molar-refractivity contribution in [1.29, 1.82) is 0 Å². The van der Waals surface area contributed by atoms with Gasteiger partial charge in [0.1, 0.15) is 17.6 Å². The molecule has 6 atom stereocenters. The number of benzene rings is 1. The van der Waals surface area contributed by atoms with Gasteiger partial charge in [0.15, 0.2) is 12.6 Å². The lowest BCUT2D eigenvalue weighted by Crippen LogP contribution is -2.34. The van der Waals surface area contributed by atoms with E-state index in [4.69, 9.17) is 28.4 Å². The summed E-state index contributed by atoms with van der Waals surface area (Å²) < 4.78 is 36.4. The van der Waals surface area contributed by atoms with E-state index in [1.165, 1.54) is 5.56 Å². The molecule has 3 saturated heterocycles. The van der Waals surface area contributed by atoms with Crippen molar-refractivity contribution in [3.63, 3.8) is 0 Å². The molecule has 5 rings (SSSR count). The molecule has 4 fully saturated rings. The minimum Gasteiger partial charge on any atom is -0.493 e. The molecule has 3 aliphatic heterocycles. The minimum absolute atomic E-state index is 0.0453. The number of ether oxygens (including phenoxy) is 6. The number of carbonyl (C=O) groups is 1. The van der Waals surface area contributed by atoms with Crippen molar-refractivity contribution in [3.8, 4) is 5.75 Å². The summed E-state index contributed by atoms with van der Waals surface area (Å²) in [4.78, 5) is 12.2. The molecule has 0 radical (unpaired) electrons. The normalized spacial score (nSPS) is 33.3. The van der Waals surface area contributed by atoms with Gasteiger partial charge in [-0.05, 0) is 57.2 Å². The molecule has 3 heterocycles. The summed E-state index contributed by atoms with van der Waals surface area (Å²) in [6, 6.07) is 8.07. The predicted octanol–water partition coefficient (Wildman–Crippen LogP) is 5.05. The van der Waals surface area contributed by atoms with E-state index in [0.717, 1.165) is 56.6 Å². The van der Waals surface area contributed by atoms with Gasteiger partial charge in [0.2, 0.25) is 0 Å². The second kappa shape index (κ2) is 11.8. The van der Waals surface area contributed by atoms with Gasteiger partial charge in [-0.2, -0.15) is 0 Å². The maximum Gasteiger partial charge on any atom is 0.306 e. The maximum absolute atomic E-state index is 12.2. The van der Waals surface area contributed by atoms with Crippen LogP contribution in [0, 0.1) is 18.8 Å². The fourth-order valence-corrected chi connectivity index (χ4v) is 5.64. The molecule has 0 bridgehead atoms. The van der Waals surface area contributed by atoms with Crippen LogP contribution >= 0.6 is 0 Å². The molecule has 0 amide bonds. The molecule has 1 saturated carbocycles. The second-order valence-corrected chi connectivity index (χ2v) is 10.1. The van der Waals surface area contributed by atoms with E-state index >= 15 is 0 Å². The molecule has 35 heavy (non-hydrogen) atoms. The molecule has 0 spiro atoms. The lowest BCUT2D eigenvalue weighted by Gasteiger charge is -2.33. The molecule has 1 aliphatic carbocycles. The zero-order valence-corrected chi connectivity index (χ0v) is 20.7. The van der Waals surface area contributed by atoms with E-state index in [9.17, 15) is 4.79 Å². The molecular weight excluding hydrogens is 448 g/mol. The van der Waals surface area contributed by atoms with Gasteiger partial charge in [-0.25, -0.2) is 0 Å². The van der Waals surface area contributed by atoms with Crippen LogP contribution < -0.4 is 4.74 Å². The Morgan fingerprint density at radius 1 is 1.03 bits per heavy atom. The predicted molar refractivity (Wildman–Crippen MR) is 129 cm³/mol. The van der Waals surface area contributed by atoms with Crippen molar-refractivity contribution in [3.05, 3.63) is 41.7 Å². The smallest absolute Gasteiger partial charge is 0.306 e. The largest absolute Gasteiger partial charge is 0.493 e. The highest BCUT2D eigenvalue weighted by Gasteiger charge is 2.53. The molecule has 7 heteroatoms. The monoisotopic (exact) mass is 486 g/mol. The third kappa shape index (κ3) is 6.38. The Kier molecular flexibility index (Phi) is 8.27. The minimum atomic E-state index is -0.267. The van der Waals surface area contributed by atoms with E-state index in [1.807, 2.05) is 24.3 Å². The summed E-state index contributed by atoms with van der Waals surface area (Å²) in [5, 5.41) is 0. The average molecular weight is 487 g/mol. The second-order valence-electron chi connectivity index (χ2n) is 10.1. The third-order valence-electron chi connectivity index (χ3n) is 7.44. The van der Waals surface area contributed by atoms with Crippen LogP contribution in [0.3, 0.4) is 0 Å². The van der Waals surface area contributed by atoms with Crippen molar-refractivity contribution in [2.75, 3.05) is 19.8 Å². The number of rotatable bonds is 9. The summed E-state index contributed by atoms with van der Waals surface area (Å²) in [6.07, 6.45) is 9.23. The van der Waals surface area contributed by atoms with Crippen LogP contribution in [0.4, 0.5) is 0 Å². The van der Waals surface area contributed by atoms with Gasteiger partial charge in [-0.15, -0.1) is 0 Å². The van der Waals surface area contributed by atoms with Gasteiger partial charge in [0.05, 0.1) is 25.7 Å². The van der Waals surface area contributed by atoms with Crippen molar-refractivity contribution in [1.82, 2.24) is 0 Å². The Morgan fingerprint density at radius 2 is 1.77 bits per heavy atom. The van der Waals surface area contributed by atoms with Gasteiger partial charge < -0.3 is 28.4 Å². The van der Waals surface area contributed by atoms with Crippen molar-refractivity contribution >= 4 is 5.97 Å². The molecule has 1 aromatic rings. The van der Waals surface area contributed by atoms with Crippen LogP contribution in [0.2, 0.25) is 0 Å².